The highest BCUT2D eigenvalue weighted by atomic mass is 35.5. The molecule has 0 fully saturated rings. The maximum Gasteiger partial charge on any atom is 0.152 e. The summed E-state index contributed by atoms with van der Waals surface area (Å²) in [6.45, 7) is 1.47. The van der Waals surface area contributed by atoms with E-state index in [4.69, 9.17) is 11.6 Å². The molecular weight excluding hydrogens is 236 g/mol. The topological polar surface area (TPSA) is 54.4 Å². The normalized spacial score (nSPS) is 16.0. The molecule has 15 heavy (non-hydrogen) atoms. The lowest BCUT2D eigenvalue weighted by molar-refractivity contribution is 0.176. The third-order valence-corrected chi connectivity index (χ3v) is 4.15. The van der Waals surface area contributed by atoms with Gasteiger partial charge in [-0.25, -0.2) is 8.42 Å². The largest absolute Gasteiger partial charge is 0.387 e. The van der Waals surface area contributed by atoms with Gasteiger partial charge in [0, 0.05) is 11.3 Å². The highest BCUT2D eigenvalue weighted by Gasteiger charge is 2.25. The van der Waals surface area contributed by atoms with E-state index in [1.165, 1.54) is 6.92 Å². The van der Waals surface area contributed by atoms with Crippen molar-refractivity contribution in [1.82, 2.24) is 0 Å². The molecule has 0 radical (unpaired) electrons. The molecule has 1 aromatic carbocycles. The zero-order chi connectivity index (χ0) is 11.6. The molecule has 0 aliphatic rings. The smallest absolute Gasteiger partial charge is 0.152 e. The van der Waals surface area contributed by atoms with Crippen molar-refractivity contribution in [2.24, 2.45) is 0 Å². The highest BCUT2D eigenvalue weighted by molar-refractivity contribution is 7.91. The predicted molar refractivity (Wildman–Crippen MR) is 60.7 cm³/mol. The summed E-state index contributed by atoms with van der Waals surface area (Å²) >= 11 is 5.75. The summed E-state index contributed by atoms with van der Waals surface area (Å²) in [4.78, 5) is 0. The average Bonchev–Trinajstić information content (AvgIpc) is 2.14. The third-order valence-electron chi connectivity index (χ3n) is 2.31. The number of aliphatic hydroxyl groups is 1. The summed E-state index contributed by atoms with van der Waals surface area (Å²) in [5.74, 6) is 0. The van der Waals surface area contributed by atoms with Crippen molar-refractivity contribution in [2.75, 3.05) is 6.26 Å². The molecule has 0 unspecified atom stereocenters. The van der Waals surface area contributed by atoms with Crippen LogP contribution in [0.25, 0.3) is 0 Å². The minimum atomic E-state index is -3.26. The van der Waals surface area contributed by atoms with Gasteiger partial charge in [0.1, 0.15) is 0 Å². The van der Waals surface area contributed by atoms with E-state index in [1.54, 1.807) is 24.3 Å². The van der Waals surface area contributed by atoms with Crippen LogP contribution in [0.4, 0.5) is 0 Å². The van der Waals surface area contributed by atoms with E-state index < -0.39 is 21.2 Å². The molecule has 0 aliphatic carbocycles. The summed E-state index contributed by atoms with van der Waals surface area (Å²) in [5, 5.41) is 9.45. The number of rotatable bonds is 3. The molecule has 0 amide bonds. The van der Waals surface area contributed by atoms with Gasteiger partial charge in [-0.2, -0.15) is 0 Å². The van der Waals surface area contributed by atoms with Gasteiger partial charge in [0.2, 0.25) is 0 Å². The lowest BCUT2D eigenvalue weighted by atomic mass is 10.1. The van der Waals surface area contributed by atoms with Crippen molar-refractivity contribution in [3.8, 4) is 0 Å². The second-order valence-electron chi connectivity index (χ2n) is 3.53. The molecule has 1 rings (SSSR count). The van der Waals surface area contributed by atoms with Crippen molar-refractivity contribution in [1.29, 1.82) is 0 Å². The Kier molecular flexibility index (Phi) is 3.76. The van der Waals surface area contributed by atoms with Gasteiger partial charge in [-0.15, -0.1) is 0 Å². The molecule has 1 aromatic rings. The van der Waals surface area contributed by atoms with E-state index in [0.717, 1.165) is 6.26 Å². The molecule has 0 aliphatic heterocycles. The van der Waals surface area contributed by atoms with Crippen LogP contribution in [0, 0.1) is 0 Å². The lowest BCUT2D eigenvalue weighted by Crippen LogP contribution is -2.24. The van der Waals surface area contributed by atoms with Crippen molar-refractivity contribution < 1.29 is 13.5 Å². The van der Waals surface area contributed by atoms with Gasteiger partial charge in [0.05, 0.1) is 11.4 Å². The number of sulfone groups is 1. The fourth-order valence-corrected chi connectivity index (χ4v) is 2.02. The van der Waals surface area contributed by atoms with Crippen molar-refractivity contribution >= 4 is 21.4 Å². The van der Waals surface area contributed by atoms with Gasteiger partial charge in [-0.1, -0.05) is 23.7 Å². The Hall–Kier alpha value is -0.580. The molecule has 2 atom stereocenters. The van der Waals surface area contributed by atoms with E-state index in [2.05, 4.69) is 0 Å². The monoisotopic (exact) mass is 248 g/mol. The van der Waals surface area contributed by atoms with Crippen molar-refractivity contribution in [3.63, 3.8) is 0 Å². The maximum atomic E-state index is 11.2. The van der Waals surface area contributed by atoms with E-state index in [0.29, 0.717) is 10.6 Å². The van der Waals surface area contributed by atoms with Gasteiger partial charge in [-0.3, -0.25) is 0 Å². The number of halogens is 1. The molecule has 1 N–H and O–H groups in total. The summed E-state index contributed by atoms with van der Waals surface area (Å²) in [6.07, 6.45) is 0.0597. The van der Waals surface area contributed by atoms with E-state index in [1.807, 2.05) is 0 Å². The van der Waals surface area contributed by atoms with Crippen LogP contribution >= 0.6 is 11.6 Å². The van der Waals surface area contributed by atoms with Crippen LogP contribution in [0.5, 0.6) is 0 Å². The minimum absolute atomic E-state index is 0.479. The average molecular weight is 249 g/mol. The number of aliphatic hydroxyl groups excluding tert-OH is 1. The molecular formula is C10H13ClO3S. The van der Waals surface area contributed by atoms with Crippen LogP contribution in [-0.2, 0) is 9.84 Å². The zero-order valence-electron chi connectivity index (χ0n) is 8.51. The molecule has 5 heteroatoms. The first-order chi connectivity index (χ1) is 6.82. The fraction of sp³-hybridized carbons (Fsp3) is 0.400. The van der Waals surface area contributed by atoms with Crippen LogP contribution in [-0.4, -0.2) is 25.0 Å². The molecule has 0 bridgehead atoms. The molecule has 84 valence electrons. The van der Waals surface area contributed by atoms with Crippen molar-refractivity contribution in [3.05, 3.63) is 34.9 Å². The predicted octanol–water partition coefficient (Wildman–Crippen LogP) is 1.81. The molecule has 0 saturated carbocycles. The number of benzene rings is 1. The second kappa shape index (κ2) is 4.51. The van der Waals surface area contributed by atoms with Gasteiger partial charge in [-0.05, 0) is 24.6 Å². The standard InChI is InChI=1S/C10H13ClO3S/c1-7(15(2,13)14)10(12)8-4-3-5-9(11)6-8/h3-7,10,12H,1-2H3/t7-,10-/m1/s1. The van der Waals surface area contributed by atoms with Crippen LogP contribution in [0.1, 0.15) is 18.6 Å². The molecule has 0 heterocycles. The summed E-state index contributed by atoms with van der Waals surface area (Å²) in [6, 6.07) is 6.56. The quantitative estimate of drug-likeness (QED) is 0.888. The van der Waals surface area contributed by atoms with Gasteiger partial charge < -0.3 is 5.11 Å². The van der Waals surface area contributed by atoms with Crippen LogP contribution in [0.15, 0.2) is 24.3 Å². The number of hydrogen-bond acceptors (Lipinski definition) is 3. The molecule has 3 nitrogen and oxygen atoms in total. The zero-order valence-corrected chi connectivity index (χ0v) is 10.1. The first-order valence-corrected chi connectivity index (χ1v) is 6.78. The fourth-order valence-electron chi connectivity index (χ4n) is 1.20. The third kappa shape index (κ3) is 3.19. The Bertz CT molecular complexity index is 442. The Labute approximate surface area is 94.6 Å². The number of hydrogen-bond donors (Lipinski definition) is 1. The van der Waals surface area contributed by atoms with E-state index >= 15 is 0 Å². The first-order valence-electron chi connectivity index (χ1n) is 4.45. The molecule has 0 spiro atoms. The highest BCUT2D eigenvalue weighted by Crippen LogP contribution is 2.23. The van der Waals surface area contributed by atoms with Crippen LogP contribution in [0.3, 0.4) is 0 Å². The minimum Gasteiger partial charge on any atom is -0.387 e. The maximum absolute atomic E-state index is 11.2. The Morgan fingerprint density at radius 1 is 1.40 bits per heavy atom. The van der Waals surface area contributed by atoms with Crippen molar-refractivity contribution in [2.45, 2.75) is 18.3 Å². The van der Waals surface area contributed by atoms with E-state index in [-0.39, 0.29) is 0 Å². The van der Waals surface area contributed by atoms with Gasteiger partial charge in [0.25, 0.3) is 0 Å². The van der Waals surface area contributed by atoms with Gasteiger partial charge in [0.15, 0.2) is 9.84 Å². The molecule has 0 aromatic heterocycles. The second-order valence-corrected chi connectivity index (χ2v) is 6.37. The summed E-state index contributed by atoms with van der Waals surface area (Å²) < 4.78 is 22.5. The SMILES string of the molecule is C[C@H]([C@@H](O)c1cccc(Cl)c1)S(C)(=O)=O. The van der Waals surface area contributed by atoms with Crippen LogP contribution in [0.2, 0.25) is 5.02 Å². The summed E-state index contributed by atoms with van der Waals surface area (Å²) in [7, 11) is -3.26. The Morgan fingerprint density at radius 2 is 2.00 bits per heavy atom. The summed E-state index contributed by atoms with van der Waals surface area (Å²) in [5.41, 5.74) is 0.514. The first kappa shape index (κ1) is 12.5. The lowest BCUT2D eigenvalue weighted by Gasteiger charge is -2.17. The van der Waals surface area contributed by atoms with Gasteiger partial charge >= 0.3 is 0 Å². The van der Waals surface area contributed by atoms with Crippen LogP contribution < -0.4 is 0 Å². The van der Waals surface area contributed by atoms with E-state index in [9.17, 15) is 13.5 Å². The molecule has 0 saturated heterocycles. The Balaban J connectivity index is 3.00. The Morgan fingerprint density at radius 3 is 2.47 bits per heavy atom.